The van der Waals surface area contributed by atoms with Crippen molar-refractivity contribution < 1.29 is 13.2 Å². The molecule has 3 aromatic rings. The van der Waals surface area contributed by atoms with Crippen molar-refractivity contribution >= 4 is 26.7 Å². The Bertz CT molecular complexity index is 848. The van der Waals surface area contributed by atoms with Crippen LogP contribution in [0.2, 0.25) is 0 Å². The largest absolute Gasteiger partial charge is 0.416 e. The van der Waals surface area contributed by atoms with E-state index in [2.05, 4.69) is 15.9 Å². The molecule has 1 fully saturated rings. The number of alkyl halides is 3. The Hall–Kier alpha value is -2.12. The molecule has 0 unspecified atom stereocenters. The number of rotatable bonds is 3. The van der Waals surface area contributed by atoms with Crippen molar-refractivity contribution in [3.8, 4) is 0 Å². The van der Waals surface area contributed by atoms with E-state index in [1.807, 2.05) is 18.2 Å². The standard InChI is InChI=1S/C19H18F3N3S/c20-19(21,22)15-7-5-14(6-8-15)13-24-9-11-25(12-10-24)18-23-16-3-1-2-4-17(16)26-18/h1-8H,9-13H2. The summed E-state index contributed by atoms with van der Waals surface area (Å²) in [6.45, 7) is 4.17. The van der Waals surface area contributed by atoms with Gasteiger partial charge in [-0.2, -0.15) is 13.2 Å². The Morgan fingerprint density at radius 1 is 0.923 bits per heavy atom. The lowest BCUT2D eigenvalue weighted by Crippen LogP contribution is -2.45. The van der Waals surface area contributed by atoms with Crippen LogP contribution in [0.1, 0.15) is 11.1 Å². The number of hydrogen-bond donors (Lipinski definition) is 0. The third kappa shape index (κ3) is 3.68. The highest BCUT2D eigenvalue weighted by Crippen LogP contribution is 2.30. The second-order valence-electron chi connectivity index (χ2n) is 6.42. The lowest BCUT2D eigenvalue weighted by atomic mass is 10.1. The minimum absolute atomic E-state index is 0.595. The summed E-state index contributed by atoms with van der Waals surface area (Å²) in [6.07, 6.45) is -4.28. The highest BCUT2D eigenvalue weighted by molar-refractivity contribution is 7.22. The zero-order valence-electron chi connectivity index (χ0n) is 14.0. The Morgan fingerprint density at radius 3 is 2.27 bits per heavy atom. The lowest BCUT2D eigenvalue weighted by molar-refractivity contribution is -0.137. The van der Waals surface area contributed by atoms with Crippen molar-refractivity contribution in [2.75, 3.05) is 31.1 Å². The summed E-state index contributed by atoms with van der Waals surface area (Å²) in [5.41, 5.74) is 1.34. The molecule has 1 aliphatic rings. The highest BCUT2D eigenvalue weighted by atomic mass is 32.1. The van der Waals surface area contributed by atoms with Gasteiger partial charge in [-0.15, -0.1) is 0 Å². The van der Waals surface area contributed by atoms with E-state index in [1.165, 1.54) is 4.70 Å². The zero-order valence-corrected chi connectivity index (χ0v) is 14.9. The summed E-state index contributed by atoms with van der Waals surface area (Å²) in [5.74, 6) is 0. The molecule has 0 amide bonds. The van der Waals surface area contributed by atoms with Crippen molar-refractivity contribution in [1.82, 2.24) is 9.88 Å². The van der Waals surface area contributed by atoms with Gasteiger partial charge in [-0.1, -0.05) is 35.6 Å². The first-order valence-electron chi connectivity index (χ1n) is 8.48. The van der Waals surface area contributed by atoms with Gasteiger partial charge in [0.05, 0.1) is 15.8 Å². The van der Waals surface area contributed by atoms with E-state index < -0.39 is 11.7 Å². The molecule has 4 rings (SSSR count). The molecule has 2 heterocycles. The summed E-state index contributed by atoms with van der Waals surface area (Å²) >= 11 is 1.70. The number of nitrogens with zero attached hydrogens (tertiary/aromatic N) is 3. The second-order valence-corrected chi connectivity index (χ2v) is 7.43. The van der Waals surface area contributed by atoms with Crippen molar-refractivity contribution in [2.24, 2.45) is 0 Å². The SMILES string of the molecule is FC(F)(F)c1ccc(CN2CCN(c3nc4ccccc4s3)CC2)cc1. The zero-order chi connectivity index (χ0) is 18.1. The molecule has 2 aromatic carbocycles. The number of halogens is 3. The fourth-order valence-electron chi connectivity index (χ4n) is 3.15. The quantitative estimate of drug-likeness (QED) is 0.663. The second kappa shape index (κ2) is 6.89. The predicted molar refractivity (Wildman–Crippen MR) is 98.6 cm³/mol. The fraction of sp³-hybridized carbons (Fsp3) is 0.316. The van der Waals surface area contributed by atoms with E-state index in [9.17, 15) is 13.2 Å². The van der Waals surface area contributed by atoms with Crippen LogP contribution in [-0.2, 0) is 12.7 Å². The lowest BCUT2D eigenvalue weighted by Gasteiger charge is -2.34. The molecule has 0 radical (unpaired) electrons. The van der Waals surface area contributed by atoms with Crippen LogP contribution in [0.5, 0.6) is 0 Å². The predicted octanol–water partition coefficient (Wildman–Crippen LogP) is 4.64. The first-order valence-corrected chi connectivity index (χ1v) is 9.30. The van der Waals surface area contributed by atoms with E-state index in [0.29, 0.717) is 6.54 Å². The molecule has 0 bridgehead atoms. The summed E-state index contributed by atoms with van der Waals surface area (Å²) in [6, 6.07) is 13.6. The van der Waals surface area contributed by atoms with Gasteiger partial charge < -0.3 is 4.90 Å². The van der Waals surface area contributed by atoms with Gasteiger partial charge in [0, 0.05) is 32.7 Å². The van der Waals surface area contributed by atoms with Crippen molar-refractivity contribution in [3.63, 3.8) is 0 Å². The maximum Gasteiger partial charge on any atom is 0.416 e. The molecule has 1 aromatic heterocycles. The molecule has 0 atom stereocenters. The number of aromatic nitrogens is 1. The maximum absolute atomic E-state index is 12.6. The normalized spacial score (nSPS) is 16.3. The smallest absolute Gasteiger partial charge is 0.345 e. The van der Waals surface area contributed by atoms with Gasteiger partial charge in [-0.3, -0.25) is 4.90 Å². The minimum atomic E-state index is -4.28. The Labute approximate surface area is 153 Å². The molecule has 0 spiro atoms. The maximum atomic E-state index is 12.6. The number of benzene rings is 2. The number of hydrogen-bond acceptors (Lipinski definition) is 4. The minimum Gasteiger partial charge on any atom is -0.345 e. The number of piperazine rings is 1. The van der Waals surface area contributed by atoms with Crippen molar-refractivity contribution in [2.45, 2.75) is 12.7 Å². The van der Waals surface area contributed by atoms with Gasteiger partial charge in [0.15, 0.2) is 5.13 Å². The van der Waals surface area contributed by atoms with Gasteiger partial charge in [0.1, 0.15) is 0 Å². The van der Waals surface area contributed by atoms with Crippen LogP contribution < -0.4 is 4.90 Å². The Balaban J connectivity index is 1.36. The highest BCUT2D eigenvalue weighted by Gasteiger charge is 2.30. The van der Waals surface area contributed by atoms with Gasteiger partial charge >= 0.3 is 6.18 Å². The van der Waals surface area contributed by atoms with Crippen molar-refractivity contribution in [1.29, 1.82) is 0 Å². The fourth-order valence-corrected chi connectivity index (χ4v) is 4.17. The molecule has 1 aliphatic heterocycles. The molecule has 0 aliphatic carbocycles. The number of anilines is 1. The average Bonchev–Trinajstić information content (AvgIpc) is 3.06. The third-order valence-electron chi connectivity index (χ3n) is 4.61. The van der Waals surface area contributed by atoms with E-state index in [-0.39, 0.29) is 0 Å². The summed E-state index contributed by atoms with van der Waals surface area (Å²) in [7, 11) is 0. The molecule has 0 saturated carbocycles. The Kier molecular flexibility index (Phi) is 4.58. The van der Waals surface area contributed by atoms with Crippen LogP contribution in [-0.4, -0.2) is 36.1 Å². The molecule has 3 nitrogen and oxygen atoms in total. The van der Waals surface area contributed by atoms with Crippen LogP contribution in [0.3, 0.4) is 0 Å². The monoisotopic (exact) mass is 377 g/mol. The first kappa shape index (κ1) is 17.3. The van der Waals surface area contributed by atoms with Crippen molar-refractivity contribution in [3.05, 3.63) is 59.7 Å². The van der Waals surface area contributed by atoms with Gasteiger partial charge in [-0.05, 0) is 29.8 Å². The third-order valence-corrected chi connectivity index (χ3v) is 5.71. The molecule has 7 heteroatoms. The van der Waals surface area contributed by atoms with Gasteiger partial charge in [-0.25, -0.2) is 4.98 Å². The summed E-state index contributed by atoms with van der Waals surface area (Å²) in [4.78, 5) is 9.25. The molecule has 136 valence electrons. The van der Waals surface area contributed by atoms with E-state index in [1.54, 1.807) is 23.5 Å². The van der Waals surface area contributed by atoms with E-state index in [4.69, 9.17) is 4.98 Å². The van der Waals surface area contributed by atoms with Gasteiger partial charge in [0.2, 0.25) is 0 Å². The van der Waals surface area contributed by atoms with E-state index in [0.717, 1.165) is 54.5 Å². The number of para-hydroxylation sites is 1. The topological polar surface area (TPSA) is 19.4 Å². The molecular weight excluding hydrogens is 359 g/mol. The molecule has 26 heavy (non-hydrogen) atoms. The van der Waals surface area contributed by atoms with Gasteiger partial charge in [0.25, 0.3) is 0 Å². The number of thiazole rings is 1. The van der Waals surface area contributed by atoms with Crippen LogP contribution in [0.4, 0.5) is 18.3 Å². The van der Waals surface area contributed by atoms with E-state index >= 15 is 0 Å². The van der Waals surface area contributed by atoms with Crippen LogP contribution >= 0.6 is 11.3 Å². The molecule has 0 N–H and O–H groups in total. The number of fused-ring (bicyclic) bond motifs is 1. The molecular formula is C19H18F3N3S. The Morgan fingerprint density at radius 2 is 1.62 bits per heavy atom. The summed E-state index contributed by atoms with van der Waals surface area (Å²) in [5, 5.41) is 1.04. The first-order chi connectivity index (χ1) is 12.5. The average molecular weight is 377 g/mol. The van der Waals surface area contributed by atoms with Crippen LogP contribution in [0.25, 0.3) is 10.2 Å². The van der Waals surface area contributed by atoms with Crippen LogP contribution in [0, 0.1) is 0 Å². The van der Waals surface area contributed by atoms with Crippen LogP contribution in [0.15, 0.2) is 48.5 Å². The molecule has 1 saturated heterocycles. The summed E-state index contributed by atoms with van der Waals surface area (Å²) < 4.78 is 39.1.